The number of rotatable bonds is 5. The van der Waals surface area contributed by atoms with Crippen LogP contribution in [0.25, 0.3) is 0 Å². The molecule has 1 aliphatic rings. The van der Waals surface area contributed by atoms with Crippen LogP contribution in [-0.2, 0) is 4.79 Å². The van der Waals surface area contributed by atoms with Gasteiger partial charge in [-0.1, -0.05) is 25.5 Å². The minimum Gasteiger partial charge on any atom is -0.497 e. The van der Waals surface area contributed by atoms with Crippen LogP contribution in [0.4, 0.5) is 0 Å². The maximum Gasteiger partial charge on any atom is 0.237 e. The first-order chi connectivity index (χ1) is 10.1. The Bertz CT molecular complexity index is 458. The van der Waals surface area contributed by atoms with Crippen molar-refractivity contribution in [1.29, 1.82) is 0 Å². The van der Waals surface area contributed by atoms with Gasteiger partial charge < -0.3 is 15.4 Å². The highest BCUT2D eigenvalue weighted by atomic mass is 16.5. The Labute approximate surface area is 127 Å². The molecule has 0 aliphatic carbocycles. The molecule has 1 fully saturated rings. The van der Waals surface area contributed by atoms with Crippen molar-refractivity contribution in [2.45, 2.75) is 45.2 Å². The normalized spacial score (nSPS) is 23.4. The van der Waals surface area contributed by atoms with Gasteiger partial charge in [-0.2, -0.15) is 0 Å². The molecule has 0 aromatic heterocycles. The molecular weight excluding hydrogens is 264 g/mol. The van der Waals surface area contributed by atoms with Crippen LogP contribution < -0.4 is 15.4 Å². The number of amides is 1. The van der Waals surface area contributed by atoms with Gasteiger partial charge in [-0.05, 0) is 49.9 Å². The molecule has 2 unspecified atom stereocenters. The second-order valence-corrected chi connectivity index (χ2v) is 5.81. The van der Waals surface area contributed by atoms with Crippen molar-refractivity contribution in [3.05, 3.63) is 29.8 Å². The van der Waals surface area contributed by atoms with Gasteiger partial charge in [-0.15, -0.1) is 0 Å². The number of hydrogen-bond donors (Lipinski definition) is 2. The second kappa shape index (κ2) is 7.46. The van der Waals surface area contributed by atoms with Gasteiger partial charge in [0.2, 0.25) is 5.91 Å². The SMILES string of the molecule is CCC1CCNC(C(=O)N[C@@H](C)c2ccc(OC)cc2)C1. The van der Waals surface area contributed by atoms with Crippen LogP contribution in [-0.4, -0.2) is 25.6 Å². The van der Waals surface area contributed by atoms with E-state index in [-0.39, 0.29) is 18.0 Å². The Morgan fingerprint density at radius 3 is 2.76 bits per heavy atom. The van der Waals surface area contributed by atoms with Crippen LogP contribution in [0.2, 0.25) is 0 Å². The Kier molecular flexibility index (Phi) is 5.62. The first-order valence-corrected chi connectivity index (χ1v) is 7.81. The molecule has 4 heteroatoms. The first-order valence-electron chi connectivity index (χ1n) is 7.81. The van der Waals surface area contributed by atoms with E-state index in [1.165, 1.54) is 6.42 Å². The fraction of sp³-hybridized carbons (Fsp3) is 0.588. The Hall–Kier alpha value is -1.55. The molecular formula is C17H26N2O2. The smallest absolute Gasteiger partial charge is 0.237 e. The molecule has 1 aliphatic heterocycles. The number of benzene rings is 1. The van der Waals surface area contributed by atoms with Crippen LogP contribution in [0.3, 0.4) is 0 Å². The van der Waals surface area contributed by atoms with Gasteiger partial charge in [0.05, 0.1) is 19.2 Å². The molecule has 21 heavy (non-hydrogen) atoms. The predicted molar refractivity (Wildman–Crippen MR) is 84.4 cm³/mol. The number of carbonyl (C=O) groups is 1. The van der Waals surface area contributed by atoms with E-state index < -0.39 is 0 Å². The van der Waals surface area contributed by atoms with Crippen molar-refractivity contribution >= 4 is 5.91 Å². The van der Waals surface area contributed by atoms with Crippen LogP contribution in [0.1, 0.15) is 44.7 Å². The van der Waals surface area contributed by atoms with Crippen LogP contribution in [0.15, 0.2) is 24.3 Å². The van der Waals surface area contributed by atoms with Gasteiger partial charge in [-0.25, -0.2) is 0 Å². The molecule has 1 aromatic carbocycles. The summed E-state index contributed by atoms with van der Waals surface area (Å²) >= 11 is 0. The third-order valence-electron chi connectivity index (χ3n) is 4.38. The second-order valence-electron chi connectivity index (χ2n) is 5.81. The van der Waals surface area contributed by atoms with Gasteiger partial charge in [0.25, 0.3) is 0 Å². The maximum atomic E-state index is 12.4. The molecule has 1 heterocycles. The van der Waals surface area contributed by atoms with Crippen molar-refractivity contribution in [3.63, 3.8) is 0 Å². The fourth-order valence-corrected chi connectivity index (χ4v) is 2.86. The van der Waals surface area contributed by atoms with Crippen molar-refractivity contribution in [3.8, 4) is 5.75 Å². The monoisotopic (exact) mass is 290 g/mol. The quantitative estimate of drug-likeness (QED) is 0.876. The lowest BCUT2D eigenvalue weighted by molar-refractivity contribution is -0.124. The molecule has 1 amide bonds. The molecule has 0 spiro atoms. The zero-order valence-electron chi connectivity index (χ0n) is 13.2. The zero-order chi connectivity index (χ0) is 15.2. The molecule has 3 atom stereocenters. The average molecular weight is 290 g/mol. The minimum absolute atomic E-state index is 0.00668. The van der Waals surface area contributed by atoms with E-state index >= 15 is 0 Å². The lowest BCUT2D eigenvalue weighted by atomic mass is 9.90. The lowest BCUT2D eigenvalue weighted by Gasteiger charge is -2.29. The van der Waals surface area contributed by atoms with Crippen molar-refractivity contribution < 1.29 is 9.53 Å². The van der Waals surface area contributed by atoms with Crippen molar-refractivity contribution in [2.24, 2.45) is 5.92 Å². The van der Waals surface area contributed by atoms with E-state index in [0.29, 0.717) is 5.92 Å². The van der Waals surface area contributed by atoms with Gasteiger partial charge in [0.1, 0.15) is 5.75 Å². The number of nitrogens with one attached hydrogen (secondary N) is 2. The van der Waals surface area contributed by atoms with Gasteiger partial charge in [-0.3, -0.25) is 4.79 Å². The van der Waals surface area contributed by atoms with Gasteiger partial charge in [0.15, 0.2) is 0 Å². The van der Waals surface area contributed by atoms with E-state index in [9.17, 15) is 4.79 Å². The van der Waals surface area contributed by atoms with E-state index in [1.807, 2.05) is 31.2 Å². The molecule has 0 saturated carbocycles. The van der Waals surface area contributed by atoms with Crippen molar-refractivity contribution in [1.82, 2.24) is 10.6 Å². The molecule has 0 bridgehead atoms. The highest BCUT2D eigenvalue weighted by molar-refractivity contribution is 5.82. The highest BCUT2D eigenvalue weighted by Gasteiger charge is 2.26. The Morgan fingerprint density at radius 2 is 2.14 bits per heavy atom. The van der Waals surface area contributed by atoms with Gasteiger partial charge in [0, 0.05) is 0 Å². The Balaban J connectivity index is 1.91. The van der Waals surface area contributed by atoms with E-state index in [0.717, 1.165) is 30.7 Å². The summed E-state index contributed by atoms with van der Waals surface area (Å²) in [5, 5.41) is 6.43. The summed E-state index contributed by atoms with van der Waals surface area (Å²) in [5.74, 6) is 1.60. The van der Waals surface area contributed by atoms with E-state index in [2.05, 4.69) is 17.6 Å². The predicted octanol–water partition coefficient (Wildman–Crippen LogP) is 2.65. The van der Waals surface area contributed by atoms with Crippen LogP contribution in [0, 0.1) is 5.92 Å². The van der Waals surface area contributed by atoms with Crippen LogP contribution >= 0.6 is 0 Å². The summed E-state index contributed by atoms with van der Waals surface area (Å²) in [6.07, 6.45) is 3.27. The molecule has 4 nitrogen and oxygen atoms in total. The van der Waals surface area contributed by atoms with E-state index in [4.69, 9.17) is 4.74 Å². The summed E-state index contributed by atoms with van der Waals surface area (Å²) in [5.41, 5.74) is 1.09. The third-order valence-corrected chi connectivity index (χ3v) is 4.38. The summed E-state index contributed by atoms with van der Waals surface area (Å²) in [6.45, 7) is 5.15. The fourth-order valence-electron chi connectivity index (χ4n) is 2.86. The standard InChI is InChI=1S/C17H26N2O2/c1-4-13-9-10-18-16(11-13)17(20)19-12(2)14-5-7-15(21-3)8-6-14/h5-8,12-13,16,18H,4,9-11H2,1-3H3,(H,19,20)/t12-,13?,16?/m0/s1. The number of hydrogen-bond acceptors (Lipinski definition) is 3. The molecule has 116 valence electrons. The summed E-state index contributed by atoms with van der Waals surface area (Å²) < 4.78 is 5.15. The molecule has 0 radical (unpaired) electrons. The van der Waals surface area contributed by atoms with Gasteiger partial charge >= 0.3 is 0 Å². The average Bonchev–Trinajstić information content (AvgIpc) is 2.54. The summed E-state index contributed by atoms with van der Waals surface area (Å²) in [4.78, 5) is 12.4. The molecule has 1 aromatic rings. The lowest BCUT2D eigenvalue weighted by Crippen LogP contribution is -2.49. The van der Waals surface area contributed by atoms with E-state index in [1.54, 1.807) is 7.11 Å². The molecule has 2 N–H and O–H groups in total. The highest BCUT2D eigenvalue weighted by Crippen LogP contribution is 2.21. The topological polar surface area (TPSA) is 50.4 Å². The first kappa shape index (κ1) is 15.8. The summed E-state index contributed by atoms with van der Waals surface area (Å²) in [6, 6.07) is 7.78. The minimum atomic E-state index is -0.0515. The number of carbonyl (C=O) groups excluding carboxylic acids is 1. The zero-order valence-corrected chi connectivity index (χ0v) is 13.2. The van der Waals surface area contributed by atoms with Crippen molar-refractivity contribution in [2.75, 3.05) is 13.7 Å². The number of ether oxygens (including phenoxy) is 1. The maximum absolute atomic E-state index is 12.4. The van der Waals surface area contributed by atoms with Crippen LogP contribution in [0.5, 0.6) is 5.75 Å². The Morgan fingerprint density at radius 1 is 1.43 bits per heavy atom. The largest absolute Gasteiger partial charge is 0.497 e. The summed E-state index contributed by atoms with van der Waals surface area (Å²) in [7, 11) is 1.65. The molecule has 2 rings (SSSR count). The number of piperidine rings is 1. The number of methoxy groups -OCH3 is 1. The molecule has 1 saturated heterocycles. The third kappa shape index (κ3) is 4.21.